The van der Waals surface area contributed by atoms with Gasteiger partial charge in [0.2, 0.25) is 0 Å². The second-order valence-corrected chi connectivity index (χ2v) is 3.37. The molecule has 4 N–H and O–H groups in total. The van der Waals surface area contributed by atoms with Gasteiger partial charge in [-0.1, -0.05) is 0 Å². The van der Waals surface area contributed by atoms with Crippen LogP contribution in [0.1, 0.15) is 24.4 Å². The molecule has 0 saturated heterocycles. The Kier molecular flexibility index (Phi) is 3.56. The van der Waals surface area contributed by atoms with E-state index in [1.54, 1.807) is 11.3 Å². The van der Waals surface area contributed by atoms with Crippen molar-refractivity contribution in [3.63, 3.8) is 0 Å². The van der Waals surface area contributed by atoms with Crippen LogP contribution < -0.4 is 11.5 Å². The summed E-state index contributed by atoms with van der Waals surface area (Å²) in [5.74, 6) is 0. The highest BCUT2D eigenvalue weighted by atomic mass is 32.1. The molecule has 11 heavy (non-hydrogen) atoms. The standard InChI is InChI=1S/C8H14N2S/c9-4-1-2-8(10)7-3-5-11-6-7/h3,5-6,8H,1-2,4,9-10H2/t8-/m1/s1. The smallest absolute Gasteiger partial charge is 0.0303 e. The number of nitrogens with two attached hydrogens (primary N) is 2. The van der Waals surface area contributed by atoms with Gasteiger partial charge in [-0.15, -0.1) is 0 Å². The van der Waals surface area contributed by atoms with Gasteiger partial charge in [-0.05, 0) is 41.8 Å². The molecule has 0 radical (unpaired) electrons. The van der Waals surface area contributed by atoms with Gasteiger partial charge in [0.05, 0.1) is 0 Å². The molecule has 1 atom stereocenters. The van der Waals surface area contributed by atoms with Crippen molar-refractivity contribution in [2.75, 3.05) is 6.54 Å². The quantitative estimate of drug-likeness (QED) is 0.719. The van der Waals surface area contributed by atoms with Crippen LogP contribution in [-0.4, -0.2) is 6.54 Å². The highest BCUT2D eigenvalue weighted by molar-refractivity contribution is 7.07. The molecule has 62 valence electrons. The van der Waals surface area contributed by atoms with Crippen LogP contribution in [-0.2, 0) is 0 Å². The first kappa shape index (κ1) is 8.71. The number of rotatable bonds is 4. The largest absolute Gasteiger partial charge is 0.330 e. The summed E-state index contributed by atoms with van der Waals surface area (Å²) in [7, 11) is 0. The summed E-state index contributed by atoms with van der Waals surface area (Å²) < 4.78 is 0. The minimum absolute atomic E-state index is 0.185. The van der Waals surface area contributed by atoms with Gasteiger partial charge in [-0.25, -0.2) is 0 Å². The van der Waals surface area contributed by atoms with Crippen LogP contribution in [0.5, 0.6) is 0 Å². The normalized spacial score (nSPS) is 13.3. The van der Waals surface area contributed by atoms with Gasteiger partial charge in [0.1, 0.15) is 0 Å². The van der Waals surface area contributed by atoms with Gasteiger partial charge in [-0.2, -0.15) is 11.3 Å². The maximum absolute atomic E-state index is 5.88. The molecule has 2 nitrogen and oxygen atoms in total. The van der Waals surface area contributed by atoms with Crippen molar-refractivity contribution in [2.24, 2.45) is 11.5 Å². The van der Waals surface area contributed by atoms with Crippen molar-refractivity contribution >= 4 is 11.3 Å². The van der Waals surface area contributed by atoms with Crippen LogP contribution in [0.3, 0.4) is 0 Å². The molecule has 0 aliphatic rings. The Morgan fingerprint density at radius 3 is 2.91 bits per heavy atom. The van der Waals surface area contributed by atoms with Gasteiger partial charge in [0, 0.05) is 6.04 Å². The lowest BCUT2D eigenvalue weighted by molar-refractivity contribution is 0.619. The fourth-order valence-electron chi connectivity index (χ4n) is 0.990. The van der Waals surface area contributed by atoms with Crippen LogP contribution in [0.25, 0.3) is 0 Å². The van der Waals surface area contributed by atoms with E-state index in [2.05, 4.69) is 16.8 Å². The predicted octanol–water partition coefficient (Wildman–Crippen LogP) is 1.49. The molecule has 3 heteroatoms. The Labute approximate surface area is 71.2 Å². The van der Waals surface area contributed by atoms with E-state index in [1.807, 2.05) is 0 Å². The summed E-state index contributed by atoms with van der Waals surface area (Å²) in [5, 5.41) is 4.15. The topological polar surface area (TPSA) is 52.0 Å². The number of thiophene rings is 1. The van der Waals surface area contributed by atoms with Crippen LogP contribution in [0.15, 0.2) is 16.8 Å². The van der Waals surface area contributed by atoms with E-state index in [4.69, 9.17) is 11.5 Å². The zero-order valence-corrected chi connectivity index (χ0v) is 7.31. The first-order valence-corrected chi connectivity index (χ1v) is 4.76. The lowest BCUT2D eigenvalue weighted by Crippen LogP contribution is -2.11. The van der Waals surface area contributed by atoms with Gasteiger partial charge in [0.25, 0.3) is 0 Å². The Balaban J connectivity index is 2.36. The van der Waals surface area contributed by atoms with E-state index in [1.165, 1.54) is 5.56 Å². The van der Waals surface area contributed by atoms with Crippen LogP contribution >= 0.6 is 11.3 Å². The molecule has 0 aliphatic heterocycles. The summed E-state index contributed by atoms with van der Waals surface area (Å²) in [6.07, 6.45) is 2.00. The monoisotopic (exact) mass is 170 g/mol. The lowest BCUT2D eigenvalue weighted by Gasteiger charge is -2.07. The molecule has 0 fully saturated rings. The Hall–Kier alpha value is -0.380. The van der Waals surface area contributed by atoms with Crippen molar-refractivity contribution in [3.05, 3.63) is 22.4 Å². The second-order valence-electron chi connectivity index (χ2n) is 2.59. The van der Waals surface area contributed by atoms with Crippen LogP contribution in [0, 0.1) is 0 Å². The minimum Gasteiger partial charge on any atom is -0.330 e. The highest BCUT2D eigenvalue weighted by Gasteiger charge is 2.03. The van der Waals surface area contributed by atoms with Crippen molar-refractivity contribution < 1.29 is 0 Å². The maximum Gasteiger partial charge on any atom is 0.0303 e. The molecule has 0 aliphatic carbocycles. The molecule has 0 bridgehead atoms. The van der Waals surface area contributed by atoms with E-state index < -0.39 is 0 Å². The Bertz CT molecular complexity index is 184. The van der Waals surface area contributed by atoms with Crippen molar-refractivity contribution in [1.29, 1.82) is 0 Å². The first-order chi connectivity index (χ1) is 5.34. The Morgan fingerprint density at radius 1 is 1.55 bits per heavy atom. The highest BCUT2D eigenvalue weighted by Crippen LogP contribution is 2.17. The lowest BCUT2D eigenvalue weighted by atomic mass is 10.1. The molecule has 0 unspecified atom stereocenters. The van der Waals surface area contributed by atoms with Gasteiger partial charge in [0.15, 0.2) is 0 Å². The fourth-order valence-corrected chi connectivity index (χ4v) is 1.72. The fraction of sp³-hybridized carbons (Fsp3) is 0.500. The maximum atomic E-state index is 5.88. The average molecular weight is 170 g/mol. The molecule has 0 saturated carbocycles. The first-order valence-electron chi connectivity index (χ1n) is 3.82. The third-order valence-corrected chi connectivity index (χ3v) is 2.39. The average Bonchev–Trinajstić information content (AvgIpc) is 2.52. The number of hydrogen-bond acceptors (Lipinski definition) is 3. The van der Waals surface area contributed by atoms with Crippen molar-refractivity contribution in [3.8, 4) is 0 Å². The van der Waals surface area contributed by atoms with E-state index >= 15 is 0 Å². The molecule has 0 spiro atoms. The summed E-state index contributed by atoms with van der Waals surface area (Å²) in [6.45, 7) is 0.734. The molecule has 1 aromatic heterocycles. The van der Waals surface area contributed by atoms with E-state index in [-0.39, 0.29) is 6.04 Å². The number of hydrogen-bond donors (Lipinski definition) is 2. The van der Waals surface area contributed by atoms with E-state index in [9.17, 15) is 0 Å². The molecular formula is C8H14N2S. The van der Waals surface area contributed by atoms with Gasteiger partial charge in [-0.3, -0.25) is 0 Å². The van der Waals surface area contributed by atoms with Crippen LogP contribution in [0.2, 0.25) is 0 Å². The summed E-state index contributed by atoms with van der Waals surface area (Å²) in [4.78, 5) is 0. The third kappa shape index (κ3) is 2.61. The SMILES string of the molecule is NCCC[C@@H](N)c1ccsc1. The summed E-state index contributed by atoms with van der Waals surface area (Å²) in [5.41, 5.74) is 12.5. The molecule has 1 heterocycles. The predicted molar refractivity (Wildman–Crippen MR) is 49.5 cm³/mol. The molecule has 0 aromatic carbocycles. The van der Waals surface area contributed by atoms with Gasteiger partial charge >= 0.3 is 0 Å². The minimum atomic E-state index is 0.185. The Morgan fingerprint density at radius 2 is 2.36 bits per heavy atom. The summed E-state index contributed by atoms with van der Waals surface area (Å²) in [6, 6.07) is 2.26. The molecular weight excluding hydrogens is 156 g/mol. The van der Waals surface area contributed by atoms with Crippen molar-refractivity contribution in [2.45, 2.75) is 18.9 Å². The second kappa shape index (κ2) is 4.49. The zero-order chi connectivity index (χ0) is 8.10. The molecule has 1 rings (SSSR count). The van der Waals surface area contributed by atoms with E-state index in [0.717, 1.165) is 19.4 Å². The molecule has 0 amide bonds. The van der Waals surface area contributed by atoms with Crippen LogP contribution in [0.4, 0.5) is 0 Å². The van der Waals surface area contributed by atoms with Gasteiger partial charge < -0.3 is 11.5 Å². The van der Waals surface area contributed by atoms with Crippen molar-refractivity contribution in [1.82, 2.24) is 0 Å². The third-order valence-electron chi connectivity index (χ3n) is 1.69. The molecule has 1 aromatic rings. The summed E-state index contributed by atoms with van der Waals surface area (Å²) >= 11 is 1.69. The zero-order valence-electron chi connectivity index (χ0n) is 6.49. The van der Waals surface area contributed by atoms with E-state index in [0.29, 0.717) is 0 Å².